The van der Waals surface area contributed by atoms with Gasteiger partial charge in [0.1, 0.15) is 0 Å². The Morgan fingerprint density at radius 3 is 2.78 bits per heavy atom. The van der Waals surface area contributed by atoms with Crippen LogP contribution in [-0.2, 0) is 13.1 Å². The zero-order chi connectivity index (χ0) is 22.2. The normalized spacial score (nSPS) is 11.5. The van der Waals surface area contributed by atoms with Gasteiger partial charge in [-0.1, -0.05) is 30.3 Å². The van der Waals surface area contributed by atoms with Gasteiger partial charge >= 0.3 is 0 Å². The lowest BCUT2D eigenvalue weighted by atomic mass is 10.2. The van der Waals surface area contributed by atoms with Crippen LogP contribution in [0.3, 0.4) is 0 Å². The molecule has 0 fully saturated rings. The van der Waals surface area contributed by atoms with E-state index in [9.17, 15) is 4.79 Å². The van der Waals surface area contributed by atoms with Gasteiger partial charge in [0, 0.05) is 44.1 Å². The highest BCUT2D eigenvalue weighted by atomic mass is 16.3. The molecule has 0 aliphatic heterocycles. The fourth-order valence-electron chi connectivity index (χ4n) is 3.56. The summed E-state index contributed by atoms with van der Waals surface area (Å²) in [6.07, 6.45) is 4.59. The quantitative estimate of drug-likeness (QED) is 0.222. The summed E-state index contributed by atoms with van der Waals surface area (Å²) in [5, 5.41) is 10.8. The van der Waals surface area contributed by atoms with Crippen molar-refractivity contribution in [2.24, 2.45) is 4.99 Å². The molecule has 0 atom stereocenters. The third kappa shape index (κ3) is 5.37. The molecule has 32 heavy (non-hydrogen) atoms. The molecule has 1 amide bonds. The summed E-state index contributed by atoms with van der Waals surface area (Å²) >= 11 is 0. The molecule has 0 saturated heterocycles. The molecule has 0 bridgehead atoms. The first-order valence-electron chi connectivity index (χ1n) is 10.6. The van der Waals surface area contributed by atoms with Crippen molar-refractivity contribution in [2.45, 2.75) is 19.5 Å². The number of aryl methyl sites for hydroxylation is 1. The monoisotopic (exact) mass is 429 g/mol. The van der Waals surface area contributed by atoms with E-state index in [1.807, 2.05) is 24.3 Å². The highest BCUT2D eigenvalue weighted by Gasteiger charge is 2.09. The van der Waals surface area contributed by atoms with Crippen LogP contribution in [0.4, 0.5) is 5.69 Å². The number of para-hydroxylation sites is 1. The van der Waals surface area contributed by atoms with Crippen LogP contribution in [0, 0.1) is 0 Å². The minimum atomic E-state index is -0.270. The van der Waals surface area contributed by atoms with Crippen molar-refractivity contribution in [1.29, 1.82) is 0 Å². The third-order valence-electron chi connectivity index (χ3n) is 5.16. The summed E-state index contributed by atoms with van der Waals surface area (Å²) in [7, 11) is 1.76. The Morgan fingerprint density at radius 1 is 1.03 bits per heavy atom. The molecule has 0 spiro atoms. The Hall–Kier alpha value is -4.00. The fraction of sp³-hybridized carbons (Fsp3) is 0.200. The molecule has 0 radical (unpaired) electrons. The van der Waals surface area contributed by atoms with Crippen LogP contribution in [0.5, 0.6) is 0 Å². The zero-order valence-corrected chi connectivity index (χ0v) is 18.0. The Bertz CT molecular complexity index is 1190. The smallest absolute Gasteiger partial charge is 0.291 e. The average molecular weight is 430 g/mol. The molecule has 2 aromatic carbocycles. The number of nitrogens with zero attached hydrogens (tertiary/aromatic N) is 2. The summed E-state index contributed by atoms with van der Waals surface area (Å²) in [6.45, 7) is 2.34. The summed E-state index contributed by atoms with van der Waals surface area (Å²) in [6, 6.07) is 21.6. The number of aromatic nitrogens is 1. The number of carbonyl (C=O) groups is 1. The SMILES string of the molecule is CN=C(NCCCn1ccc2ccccc21)NCc1cccc(NC(=O)c2ccco2)c1. The topological polar surface area (TPSA) is 83.6 Å². The highest BCUT2D eigenvalue weighted by Crippen LogP contribution is 2.15. The van der Waals surface area contributed by atoms with Gasteiger partial charge in [-0.25, -0.2) is 0 Å². The second kappa shape index (κ2) is 10.3. The molecule has 3 N–H and O–H groups in total. The molecular weight excluding hydrogens is 402 g/mol. The number of amides is 1. The number of rotatable bonds is 8. The lowest BCUT2D eigenvalue weighted by Crippen LogP contribution is -2.37. The van der Waals surface area contributed by atoms with E-state index in [-0.39, 0.29) is 11.7 Å². The van der Waals surface area contributed by atoms with Crippen LogP contribution in [0.25, 0.3) is 10.9 Å². The van der Waals surface area contributed by atoms with E-state index >= 15 is 0 Å². The van der Waals surface area contributed by atoms with Crippen molar-refractivity contribution in [3.63, 3.8) is 0 Å². The van der Waals surface area contributed by atoms with Crippen LogP contribution in [0.2, 0.25) is 0 Å². The predicted octanol–water partition coefficient (Wildman–Crippen LogP) is 4.24. The molecule has 0 unspecified atom stereocenters. The molecule has 0 saturated carbocycles. The molecule has 164 valence electrons. The number of nitrogens with one attached hydrogen (secondary N) is 3. The number of guanidine groups is 1. The molecule has 0 aliphatic carbocycles. The fourth-order valence-corrected chi connectivity index (χ4v) is 3.56. The second-order valence-corrected chi connectivity index (χ2v) is 7.41. The average Bonchev–Trinajstić information content (AvgIpc) is 3.50. The van der Waals surface area contributed by atoms with Crippen molar-refractivity contribution in [2.75, 3.05) is 18.9 Å². The van der Waals surface area contributed by atoms with Gasteiger partial charge in [0.05, 0.1) is 6.26 Å². The van der Waals surface area contributed by atoms with E-state index in [0.717, 1.165) is 31.0 Å². The van der Waals surface area contributed by atoms with Gasteiger partial charge < -0.3 is 24.9 Å². The maximum absolute atomic E-state index is 12.2. The number of furan rings is 1. The number of anilines is 1. The summed E-state index contributed by atoms with van der Waals surface area (Å²) in [4.78, 5) is 16.4. The number of aliphatic imine (C=N–C) groups is 1. The van der Waals surface area contributed by atoms with E-state index in [0.29, 0.717) is 12.2 Å². The second-order valence-electron chi connectivity index (χ2n) is 7.41. The van der Waals surface area contributed by atoms with Gasteiger partial charge in [-0.05, 0) is 53.8 Å². The van der Waals surface area contributed by atoms with Crippen LogP contribution in [0.15, 0.2) is 88.6 Å². The number of fused-ring (bicyclic) bond motifs is 1. The summed E-state index contributed by atoms with van der Waals surface area (Å²) in [5.41, 5.74) is 3.01. The first-order chi connectivity index (χ1) is 15.7. The van der Waals surface area contributed by atoms with Crippen LogP contribution in [-0.4, -0.2) is 30.0 Å². The maximum Gasteiger partial charge on any atom is 0.291 e. The van der Waals surface area contributed by atoms with Crippen LogP contribution < -0.4 is 16.0 Å². The summed E-state index contributed by atoms with van der Waals surface area (Å²) in [5.74, 6) is 0.756. The lowest BCUT2D eigenvalue weighted by Gasteiger charge is -2.13. The largest absolute Gasteiger partial charge is 0.459 e. The number of carbonyl (C=O) groups excluding carboxylic acids is 1. The molecule has 0 aliphatic rings. The van der Waals surface area contributed by atoms with Crippen molar-refractivity contribution < 1.29 is 9.21 Å². The van der Waals surface area contributed by atoms with Gasteiger partial charge in [0.2, 0.25) is 0 Å². The van der Waals surface area contributed by atoms with Gasteiger partial charge in [0.25, 0.3) is 5.91 Å². The van der Waals surface area contributed by atoms with Gasteiger partial charge in [0.15, 0.2) is 11.7 Å². The first-order valence-corrected chi connectivity index (χ1v) is 10.6. The first kappa shape index (κ1) is 21.2. The van der Waals surface area contributed by atoms with Crippen molar-refractivity contribution in [1.82, 2.24) is 15.2 Å². The molecule has 2 heterocycles. The predicted molar refractivity (Wildman–Crippen MR) is 128 cm³/mol. The summed E-state index contributed by atoms with van der Waals surface area (Å²) < 4.78 is 7.41. The Kier molecular flexibility index (Phi) is 6.87. The molecule has 7 nitrogen and oxygen atoms in total. The molecule has 4 aromatic rings. The molecule has 4 rings (SSSR count). The van der Waals surface area contributed by atoms with E-state index in [1.165, 1.54) is 17.2 Å². The molecular formula is C25H27N5O2. The molecule has 7 heteroatoms. The minimum absolute atomic E-state index is 0.270. The van der Waals surface area contributed by atoms with Crippen LogP contribution >= 0.6 is 0 Å². The number of hydrogen-bond donors (Lipinski definition) is 3. The Balaban J connectivity index is 1.23. The van der Waals surface area contributed by atoms with Crippen molar-refractivity contribution in [3.8, 4) is 0 Å². The zero-order valence-electron chi connectivity index (χ0n) is 18.0. The van der Waals surface area contributed by atoms with Crippen LogP contribution in [0.1, 0.15) is 22.5 Å². The number of benzene rings is 2. The van der Waals surface area contributed by atoms with Crippen molar-refractivity contribution in [3.05, 3.63) is 90.5 Å². The number of hydrogen-bond acceptors (Lipinski definition) is 3. The van der Waals surface area contributed by atoms with E-state index in [1.54, 1.807) is 19.2 Å². The lowest BCUT2D eigenvalue weighted by molar-refractivity contribution is 0.0996. The minimum Gasteiger partial charge on any atom is -0.459 e. The van der Waals surface area contributed by atoms with Gasteiger partial charge in [-0.15, -0.1) is 0 Å². The van der Waals surface area contributed by atoms with Gasteiger partial charge in [-0.2, -0.15) is 0 Å². The van der Waals surface area contributed by atoms with E-state index in [2.05, 4.69) is 62.0 Å². The highest BCUT2D eigenvalue weighted by molar-refractivity contribution is 6.02. The maximum atomic E-state index is 12.2. The third-order valence-corrected chi connectivity index (χ3v) is 5.16. The molecule has 2 aromatic heterocycles. The van der Waals surface area contributed by atoms with Crippen molar-refractivity contribution >= 4 is 28.5 Å². The Morgan fingerprint density at radius 2 is 1.94 bits per heavy atom. The van der Waals surface area contributed by atoms with Gasteiger partial charge in [-0.3, -0.25) is 9.79 Å². The Labute approximate surface area is 187 Å². The van der Waals surface area contributed by atoms with E-state index < -0.39 is 0 Å². The van der Waals surface area contributed by atoms with E-state index in [4.69, 9.17) is 4.42 Å². The standard InChI is InChI=1S/C25H27N5O2/c1-26-25(27-13-6-14-30-15-12-20-8-2-3-10-22(20)30)28-18-19-7-4-9-21(17-19)29-24(31)23-11-5-16-32-23/h2-5,7-12,15-17H,6,13-14,18H2,1H3,(H,29,31)(H2,26,27,28).